The number of pyridine rings is 2. The van der Waals surface area contributed by atoms with Crippen molar-refractivity contribution in [3.63, 3.8) is 0 Å². The fraction of sp³-hybridized carbons (Fsp3) is 0.350. The molecular weight excluding hydrogens is 454 g/mol. The normalized spacial score (nSPS) is 24.5. The number of guanidine groups is 1. The number of nitrogens with zero attached hydrogens (tertiary/aromatic N) is 6. The van der Waals surface area contributed by atoms with Crippen LogP contribution in [0.25, 0.3) is 0 Å². The zero-order valence-corrected chi connectivity index (χ0v) is 18.2. The molecule has 4 heterocycles. The number of anilines is 1. The van der Waals surface area contributed by atoms with Crippen LogP contribution in [0, 0.1) is 17.1 Å². The van der Waals surface area contributed by atoms with E-state index in [1.165, 1.54) is 28.7 Å². The molecule has 2 aromatic rings. The Morgan fingerprint density at radius 1 is 1.33 bits per heavy atom. The first-order chi connectivity index (χ1) is 15.8. The lowest BCUT2D eigenvalue weighted by molar-refractivity contribution is 0.102. The molecule has 10 nitrogen and oxygen atoms in total. The molecule has 0 unspecified atom stereocenters. The molecule has 2 aliphatic rings. The molecule has 13 heteroatoms. The molecule has 0 aliphatic carbocycles. The third kappa shape index (κ3) is 4.21. The molecule has 0 radical (unpaired) electrons. The summed E-state index contributed by atoms with van der Waals surface area (Å²) in [7, 11) is -3.16. The van der Waals surface area contributed by atoms with Crippen molar-refractivity contribution < 1.29 is 17.8 Å². The Labute approximate surface area is 188 Å². The van der Waals surface area contributed by atoms with Crippen molar-refractivity contribution in [2.24, 2.45) is 15.1 Å². The van der Waals surface area contributed by atoms with Gasteiger partial charge in [-0.2, -0.15) is 5.26 Å². The van der Waals surface area contributed by atoms with Gasteiger partial charge < -0.3 is 11.1 Å². The first kappa shape index (κ1) is 22.5. The van der Waals surface area contributed by atoms with Crippen LogP contribution in [0.15, 0.2) is 39.8 Å². The van der Waals surface area contributed by atoms with Gasteiger partial charge in [-0.1, -0.05) is 0 Å². The van der Waals surface area contributed by atoms with Gasteiger partial charge >= 0.3 is 0 Å². The summed E-state index contributed by atoms with van der Waals surface area (Å²) in [5.74, 6) is -2.24. The number of halogens is 2. The van der Waals surface area contributed by atoms with Crippen LogP contribution in [-0.4, -0.2) is 55.9 Å². The number of nitrogens with two attached hydrogens (primary N) is 1. The number of alkyl halides is 1. The van der Waals surface area contributed by atoms with Gasteiger partial charge in [0.25, 0.3) is 5.91 Å². The second-order valence-corrected chi connectivity index (χ2v) is 9.77. The third-order valence-electron chi connectivity index (χ3n) is 5.29. The lowest BCUT2D eigenvalue weighted by Gasteiger charge is -2.38. The molecule has 2 aliphatic heterocycles. The predicted octanol–water partition coefficient (Wildman–Crippen LogP) is 1.71. The Bertz CT molecular complexity index is 1280. The lowest BCUT2D eigenvalue weighted by Crippen LogP contribution is -2.54. The number of hydrogen-bond donors (Lipinski definition) is 2. The zero-order valence-electron chi connectivity index (χ0n) is 17.4. The van der Waals surface area contributed by atoms with Gasteiger partial charge in [0.2, 0.25) is 5.96 Å². The van der Waals surface area contributed by atoms with Gasteiger partial charge in [0.1, 0.15) is 45.7 Å². The van der Waals surface area contributed by atoms with Crippen LogP contribution in [0.2, 0.25) is 0 Å². The molecule has 0 saturated heterocycles. The standard InChI is InChI=1S/C20H20F2N8O2S/c21-11-20(12-33(32)26-7-1-2-8-30(33)19(24)29-20)17-14(22)4-6-16(27-17)28-18(31)15-5-3-13(9-23)10-25-15/h3-6,10H,1-2,7-8,11-12H2,(H2,24,29)(H,27,28,31)/t20-,33-/m0/s1. The van der Waals surface area contributed by atoms with Gasteiger partial charge in [-0.3, -0.25) is 9.10 Å². The zero-order chi connectivity index (χ0) is 23.6. The number of aromatic nitrogens is 2. The fourth-order valence-corrected chi connectivity index (χ4v) is 6.10. The van der Waals surface area contributed by atoms with E-state index in [4.69, 9.17) is 11.0 Å². The Kier molecular flexibility index (Phi) is 5.94. The van der Waals surface area contributed by atoms with Gasteiger partial charge in [-0.15, -0.1) is 0 Å². The second kappa shape index (κ2) is 8.70. The van der Waals surface area contributed by atoms with Crippen molar-refractivity contribution in [1.29, 1.82) is 5.26 Å². The monoisotopic (exact) mass is 474 g/mol. The number of hydrogen-bond acceptors (Lipinski definition) is 8. The van der Waals surface area contributed by atoms with E-state index >= 15 is 0 Å². The Morgan fingerprint density at radius 3 is 2.85 bits per heavy atom. The van der Waals surface area contributed by atoms with Crippen molar-refractivity contribution in [1.82, 2.24) is 14.3 Å². The van der Waals surface area contributed by atoms with E-state index in [-0.39, 0.29) is 23.0 Å². The molecule has 3 N–H and O–H groups in total. The minimum atomic E-state index is -3.16. The fourth-order valence-electron chi connectivity index (χ4n) is 3.66. The molecule has 0 aromatic carbocycles. The molecule has 2 atom stereocenters. The van der Waals surface area contributed by atoms with Crippen LogP contribution in [0.3, 0.4) is 0 Å². The van der Waals surface area contributed by atoms with Crippen molar-refractivity contribution in [2.75, 3.05) is 30.8 Å². The Morgan fingerprint density at radius 2 is 2.15 bits per heavy atom. The van der Waals surface area contributed by atoms with Crippen LogP contribution < -0.4 is 11.1 Å². The average molecular weight is 474 g/mol. The van der Waals surface area contributed by atoms with E-state index in [2.05, 4.69) is 24.6 Å². The number of amides is 1. The average Bonchev–Trinajstić information content (AvgIpc) is 3.01. The number of carbonyl (C=O) groups excluding carboxylic acids is 1. The topological polar surface area (TPSA) is 150 Å². The van der Waals surface area contributed by atoms with Crippen LogP contribution >= 0.6 is 0 Å². The van der Waals surface area contributed by atoms with Gasteiger partial charge in [0.15, 0.2) is 5.54 Å². The van der Waals surface area contributed by atoms with E-state index in [9.17, 15) is 17.8 Å². The highest BCUT2D eigenvalue weighted by Gasteiger charge is 2.47. The molecule has 172 valence electrons. The first-order valence-electron chi connectivity index (χ1n) is 10.0. The predicted molar refractivity (Wildman–Crippen MR) is 117 cm³/mol. The van der Waals surface area contributed by atoms with E-state index in [0.29, 0.717) is 25.9 Å². The van der Waals surface area contributed by atoms with Gasteiger partial charge in [0.05, 0.1) is 17.9 Å². The largest absolute Gasteiger partial charge is 0.369 e. The molecule has 2 aromatic heterocycles. The molecule has 0 bridgehead atoms. The Balaban J connectivity index is 1.71. The Hall–Kier alpha value is -3.66. The number of fused-ring (bicyclic) bond motifs is 1. The SMILES string of the molecule is N#Cc1ccc(C(=O)Nc2ccc(F)c([C@]3(CF)C[S@]4(=O)=NCCCCN4C(N)=N3)n2)nc1. The second-order valence-electron chi connectivity index (χ2n) is 7.57. The van der Waals surface area contributed by atoms with Gasteiger partial charge in [-0.05, 0) is 37.1 Å². The van der Waals surface area contributed by atoms with Gasteiger partial charge in [0, 0.05) is 12.7 Å². The maximum Gasteiger partial charge on any atom is 0.275 e. The maximum atomic E-state index is 14.9. The summed E-state index contributed by atoms with van der Waals surface area (Å²) in [5.41, 5.74) is 3.91. The van der Waals surface area contributed by atoms with Crippen molar-refractivity contribution in [3.8, 4) is 6.07 Å². The molecular formula is C20H20F2N8O2S. The summed E-state index contributed by atoms with van der Waals surface area (Å²) in [6.45, 7) is -0.551. The molecule has 1 amide bonds. The molecule has 33 heavy (non-hydrogen) atoms. The summed E-state index contributed by atoms with van der Waals surface area (Å²) in [4.78, 5) is 24.6. The van der Waals surface area contributed by atoms with Crippen LogP contribution in [0.5, 0.6) is 0 Å². The van der Waals surface area contributed by atoms with Gasteiger partial charge in [-0.25, -0.2) is 32.3 Å². The minimum absolute atomic E-state index is 0.00216. The highest BCUT2D eigenvalue weighted by atomic mass is 32.2. The van der Waals surface area contributed by atoms with Crippen LogP contribution in [0.1, 0.15) is 34.6 Å². The van der Waals surface area contributed by atoms with E-state index in [0.717, 1.165) is 6.07 Å². The number of nitrogens with one attached hydrogen (secondary N) is 1. The van der Waals surface area contributed by atoms with Crippen LogP contribution in [0.4, 0.5) is 14.6 Å². The van der Waals surface area contributed by atoms with E-state index in [1.807, 2.05) is 6.07 Å². The number of rotatable bonds is 4. The minimum Gasteiger partial charge on any atom is -0.369 e. The van der Waals surface area contributed by atoms with Crippen molar-refractivity contribution >= 4 is 27.6 Å². The first-order valence-corrected chi connectivity index (χ1v) is 11.7. The van der Waals surface area contributed by atoms with Crippen molar-refractivity contribution in [2.45, 2.75) is 18.4 Å². The summed E-state index contributed by atoms with van der Waals surface area (Å²) in [6, 6.07) is 6.87. The molecule has 0 saturated carbocycles. The van der Waals surface area contributed by atoms with Crippen LogP contribution in [-0.2, 0) is 15.5 Å². The molecule has 4 rings (SSSR count). The smallest absolute Gasteiger partial charge is 0.275 e. The van der Waals surface area contributed by atoms with Crippen molar-refractivity contribution in [3.05, 3.63) is 53.2 Å². The number of nitriles is 1. The summed E-state index contributed by atoms with van der Waals surface area (Å²) >= 11 is 0. The molecule has 0 spiro atoms. The third-order valence-corrected chi connectivity index (χ3v) is 7.79. The van der Waals surface area contributed by atoms with E-state index < -0.39 is 45.3 Å². The summed E-state index contributed by atoms with van der Waals surface area (Å²) in [6.07, 6.45) is 2.62. The van der Waals surface area contributed by atoms with E-state index in [1.54, 1.807) is 0 Å². The highest BCUT2D eigenvalue weighted by molar-refractivity contribution is 7.92. The quantitative estimate of drug-likeness (QED) is 0.689. The number of carbonyl (C=O) groups is 1. The maximum absolute atomic E-state index is 14.9. The number of aliphatic imine (C=N–C) groups is 1. The molecule has 0 fully saturated rings. The summed E-state index contributed by atoms with van der Waals surface area (Å²) in [5, 5.41) is 11.3. The highest BCUT2D eigenvalue weighted by Crippen LogP contribution is 2.36. The lowest BCUT2D eigenvalue weighted by atomic mass is 9.98. The summed E-state index contributed by atoms with van der Waals surface area (Å²) < 4.78 is 48.4.